The molecule has 0 saturated heterocycles. The van der Waals surface area contributed by atoms with Gasteiger partial charge in [-0.25, -0.2) is 4.98 Å². The molecular formula is C29H28F3N7O. The van der Waals surface area contributed by atoms with Crippen molar-refractivity contribution < 1.29 is 18.3 Å². The number of imidazole rings is 1. The smallest absolute Gasteiger partial charge is 0.416 e. The molecule has 2 heterocycles. The summed E-state index contributed by atoms with van der Waals surface area (Å²) in [5, 5.41) is 16.1. The van der Waals surface area contributed by atoms with Gasteiger partial charge in [0.05, 0.1) is 18.4 Å². The van der Waals surface area contributed by atoms with Gasteiger partial charge in [0, 0.05) is 32.0 Å². The Kier molecular flexibility index (Phi) is 7.45. The molecule has 0 radical (unpaired) electrons. The quantitative estimate of drug-likeness (QED) is 0.207. The molecule has 8 nitrogen and oxygen atoms in total. The molecule has 0 aliphatic heterocycles. The normalized spacial score (nSPS) is 11.5. The lowest BCUT2D eigenvalue weighted by atomic mass is 10.1. The van der Waals surface area contributed by atoms with Crippen molar-refractivity contribution in [3.63, 3.8) is 0 Å². The van der Waals surface area contributed by atoms with Crippen molar-refractivity contribution in [2.45, 2.75) is 19.1 Å². The number of phenols is 1. The lowest BCUT2D eigenvalue weighted by Gasteiger charge is -2.15. The van der Waals surface area contributed by atoms with Gasteiger partial charge in [0.1, 0.15) is 5.75 Å². The first-order valence-corrected chi connectivity index (χ1v) is 12.6. The molecule has 206 valence electrons. The van der Waals surface area contributed by atoms with Crippen LogP contribution in [-0.2, 0) is 19.1 Å². The second kappa shape index (κ2) is 11.1. The highest BCUT2D eigenvalue weighted by atomic mass is 19.4. The number of hydrogen-bond acceptors (Lipinski definition) is 7. The fourth-order valence-corrected chi connectivity index (χ4v) is 4.21. The standard InChI is InChI=1S/C29H28F3N7O/c1-38(2)23-5-3-4-22(16-23)35-28-36-26(33-15-14-19-8-12-24(40)13-9-19)25-27(37-28)39(18-34-25)17-20-6-10-21(11-7-20)29(30,31)32/h3-13,16,18,40H,14-15,17H2,1-2H3,(H2,33,35,36,37). The van der Waals surface area contributed by atoms with Gasteiger partial charge >= 0.3 is 6.18 Å². The first-order chi connectivity index (χ1) is 19.2. The van der Waals surface area contributed by atoms with Gasteiger partial charge in [-0.05, 0) is 60.0 Å². The number of nitrogens with zero attached hydrogens (tertiary/aromatic N) is 5. The van der Waals surface area contributed by atoms with Crippen molar-refractivity contribution in [2.75, 3.05) is 36.2 Å². The lowest BCUT2D eigenvalue weighted by molar-refractivity contribution is -0.137. The van der Waals surface area contributed by atoms with Crippen LogP contribution in [0.2, 0.25) is 0 Å². The summed E-state index contributed by atoms with van der Waals surface area (Å²) in [6.45, 7) is 0.840. The number of rotatable bonds is 9. The van der Waals surface area contributed by atoms with Crippen LogP contribution < -0.4 is 15.5 Å². The van der Waals surface area contributed by atoms with Crippen molar-refractivity contribution in [1.29, 1.82) is 0 Å². The number of phenolic OH excluding ortho intramolecular Hbond substituents is 1. The number of hydrogen-bond donors (Lipinski definition) is 3. The van der Waals surface area contributed by atoms with Crippen LogP contribution in [-0.4, -0.2) is 45.3 Å². The second-order valence-electron chi connectivity index (χ2n) is 9.55. The van der Waals surface area contributed by atoms with E-state index in [1.165, 1.54) is 12.1 Å². The minimum atomic E-state index is -4.39. The number of anilines is 4. The number of alkyl halides is 3. The summed E-state index contributed by atoms with van der Waals surface area (Å²) in [6.07, 6.45) is -2.09. The molecule has 0 aliphatic carbocycles. The minimum Gasteiger partial charge on any atom is -0.508 e. The highest BCUT2D eigenvalue weighted by molar-refractivity contribution is 5.85. The Labute approximate surface area is 229 Å². The Morgan fingerprint density at radius 1 is 0.925 bits per heavy atom. The molecule has 40 heavy (non-hydrogen) atoms. The van der Waals surface area contributed by atoms with E-state index in [2.05, 4.69) is 20.6 Å². The van der Waals surface area contributed by atoms with Gasteiger partial charge in [0.15, 0.2) is 17.0 Å². The van der Waals surface area contributed by atoms with Crippen LogP contribution in [0.4, 0.5) is 36.3 Å². The number of benzene rings is 3. The zero-order chi connectivity index (χ0) is 28.3. The zero-order valence-corrected chi connectivity index (χ0v) is 21.9. The predicted octanol–water partition coefficient (Wildman–Crippen LogP) is 6.06. The van der Waals surface area contributed by atoms with Crippen LogP contribution in [0.3, 0.4) is 0 Å². The first kappa shape index (κ1) is 26.8. The minimum absolute atomic E-state index is 0.210. The fourth-order valence-electron chi connectivity index (χ4n) is 4.21. The molecule has 5 rings (SSSR count). The van der Waals surface area contributed by atoms with E-state index < -0.39 is 11.7 Å². The molecule has 0 fully saturated rings. The van der Waals surface area contributed by atoms with E-state index in [0.717, 1.165) is 29.1 Å². The van der Waals surface area contributed by atoms with Gasteiger partial charge in [-0.2, -0.15) is 23.1 Å². The van der Waals surface area contributed by atoms with Crippen LogP contribution >= 0.6 is 0 Å². The maximum Gasteiger partial charge on any atom is 0.416 e. The van der Waals surface area contributed by atoms with Crippen LogP contribution in [0.25, 0.3) is 11.2 Å². The van der Waals surface area contributed by atoms with Crippen molar-refractivity contribution in [1.82, 2.24) is 19.5 Å². The molecular weight excluding hydrogens is 519 g/mol. The monoisotopic (exact) mass is 547 g/mol. The third kappa shape index (κ3) is 6.25. The van der Waals surface area contributed by atoms with Gasteiger partial charge in [-0.15, -0.1) is 0 Å². The van der Waals surface area contributed by atoms with Crippen molar-refractivity contribution in [2.24, 2.45) is 0 Å². The Morgan fingerprint density at radius 3 is 2.35 bits per heavy atom. The molecule has 0 saturated carbocycles. The SMILES string of the molecule is CN(C)c1cccc(Nc2nc(NCCc3ccc(O)cc3)c3ncn(Cc4ccc(C(F)(F)F)cc4)c3n2)c1. The van der Waals surface area contributed by atoms with Crippen LogP contribution in [0.15, 0.2) is 79.1 Å². The highest BCUT2D eigenvalue weighted by Crippen LogP contribution is 2.30. The highest BCUT2D eigenvalue weighted by Gasteiger charge is 2.30. The van der Waals surface area contributed by atoms with Gasteiger partial charge in [0.2, 0.25) is 5.95 Å². The maximum absolute atomic E-state index is 13.0. The maximum atomic E-state index is 13.0. The molecule has 5 aromatic rings. The summed E-state index contributed by atoms with van der Waals surface area (Å²) >= 11 is 0. The van der Waals surface area contributed by atoms with E-state index in [4.69, 9.17) is 4.98 Å². The summed E-state index contributed by atoms with van der Waals surface area (Å²) in [4.78, 5) is 15.9. The first-order valence-electron chi connectivity index (χ1n) is 12.6. The number of aromatic nitrogens is 4. The zero-order valence-electron chi connectivity index (χ0n) is 21.9. The van der Waals surface area contributed by atoms with E-state index in [-0.39, 0.29) is 12.3 Å². The number of halogens is 3. The van der Waals surface area contributed by atoms with E-state index in [0.29, 0.717) is 41.5 Å². The third-order valence-corrected chi connectivity index (χ3v) is 6.36. The summed E-state index contributed by atoms with van der Waals surface area (Å²) in [5.74, 6) is 1.09. The van der Waals surface area contributed by atoms with Crippen molar-refractivity contribution in [3.05, 3.63) is 95.8 Å². The summed E-state index contributed by atoms with van der Waals surface area (Å²) in [7, 11) is 3.91. The Balaban J connectivity index is 1.45. The number of nitrogens with one attached hydrogen (secondary N) is 2. The van der Waals surface area contributed by atoms with E-state index >= 15 is 0 Å². The van der Waals surface area contributed by atoms with Gasteiger partial charge < -0.3 is 25.2 Å². The van der Waals surface area contributed by atoms with Crippen LogP contribution in [0, 0.1) is 0 Å². The molecule has 2 aromatic heterocycles. The second-order valence-corrected chi connectivity index (χ2v) is 9.55. The fraction of sp³-hybridized carbons (Fsp3) is 0.207. The molecule has 3 N–H and O–H groups in total. The molecule has 0 spiro atoms. The largest absolute Gasteiger partial charge is 0.508 e. The van der Waals surface area contributed by atoms with Gasteiger partial charge in [-0.1, -0.05) is 30.3 Å². The predicted molar refractivity (Wildman–Crippen MR) is 150 cm³/mol. The summed E-state index contributed by atoms with van der Waals surface area (Å²) < 4.78 is 40.8. The molecule has 0 atom stereocenters. The molecule has 0 unspecified atom stereocenters. The molecule has 11 heteroatoms. The molecule has 0 amide bonds. The van der Waals surface area contributed by atoms with Gasteiger partial charge in [0.25, 0.3) is 0 Å². The average molecular weight is 548 g/mol. The molecule has 0 aliphatic rings. The van der Waals surface area contributed by atoms with Gasteiger partial charge in [-0.3, -0.25) is 0 Å². The van der Waals surface area contributed by atoms with Crippen molar-refractivity contribution in [3.8, 4) is 5.75 Å². The molecule has 0 bridgehead atoms. The lowest BCUT2D eigenvalue weighted by Crippen LogP contribution is -2.10. The number of fused-ring (bicyclic) bond motifs is 1. The van der Waals surface area contributed by atoms with E-state index in [1.54, 1.807) is 23.0 Å². The third-order valence-electron chi connectivity index (χ3n) is 6.36. The molecule has 3 aromatic carbocycles. The average Bonchev–Trinajstić information content (AvgIpc) is 3.32. The Bertz CT molecular complexity index is 1600. The summed E-state index contributed by atoms with van der Waals surface area (Å²) in [6, 6.07) is 19.9. The van der Waals surface area contributed by atoms with E-state index in [1.807, 2.05) is 55.4 Å². The van der Waals surface area contributed by atoms with E-state index in [9.17, 15) is 18.3 Å². The topological polar surface area (TPSA) is 91.1 Å². The Hall–Kier alpha value is -4.80. The van der Waals surface area contributed by atoms with Crippen LogP contribution in [0.5, 0.6) is 5.75 Å². The summed E-state index contributed by atoms with van der Waals surface area (Å²) in [5.41, 5.74) is 3.92. The van der Waals surface area contributed by atoms with Crippen molar-refractivity contribution >= 4 is 34.3 Å². The number of aromatic hydroxyl groups is 1. The Morgan fingerprint density at radius 2 is 1.65 bits per heavy atom. The van der Waals surface area contributed by atoms with Crippen LogP contribution in [0.1, 0.15) is 16.7 Å².